The van der Waals surface area contributed by atoms with E-state index < -0.39 is 0 Å². The lowest BCUT2D eigenvalue weighted by Crippen LogP contribution is -2.50. The average molecular weight is 402 g/mol. The molecular formula is C21H31N5OS. The van der Waals surface area contributed by atoms with E-state index >= 15 is 0 Å². The Labute approximate surface area is 170 Å². The number of likely N-dealkylation sites (tertiary alicyclic amines) is 1. The van der Waals surface area contributed by atoms with E-state index in [0.29, 0.717) is 0 Å². The smallest absolute Gasteiger partial charge is 0.263 e. The summed E-state index contributed by atoms with van der Waals surface area (Å²) in [6.45, 7) is 8.94. The Bertz CT molecular complexity index is 906. The van der Waals surface area contributed by atoms with Gasteiger partial charge in [0.15, 0.2) is 0 Å². The number of rotatable bonds is 4. The first-order valence-corrected chi connectivity index (χ1v) is 11.7. The molecule has 5 rings (SSSR count). The summed E-state index contributed by atoms with van der Waals surface area (Å²) in [5.74, 6) is 0.855. The van der Waals surface area contributed by atoms with Crippen LogP contribution in [0.15, 0.2) is 4.79 Å². The van der Waals surface area contributed by atoms with Crippen LogP contribution in [0.2, 0.25) is 0 Å². The van der Waals surface area contributed by atoms with Crippen LogP contribution in [0.25, 0.3) is 10.2 Å². The highest BCUT2D eigenvalue weighted by molar-refractivity contribution is 7.18. The van der Waals surface area contributed by atoms with Crippen molar-refractivity contribution in [2.75, 3.05) is 57.3 Å². The van der Waals surface area contributed by atoms with Crippen LogP contribution in [-0.2, 0) is 19.9 Å². The van der Waals surface area contributed by atoms with Crippen molar-refractivity contribution >= 4 is 27.5 Å². The van der Waals surface area contributed by atoms with Gasteiger partial charge in [-0.3, -0.25) is 14.3 Å². The van der Waals surface area contributed by atoms with Crippen molar-refractivity contribution in [2.45, 2.75) is 38.5 Å². The molecule has 0 N–H and O–H groups in total. The number of hydrogen-bond acceptors (Lipinski definition) is 6. The van der Waals surface area contributed by atoms with Gasteiger partial charge in [-0.05, 0) is 50.8 Å². The highest BCUT2D eigenvalue weighted by Gasteiger charge is 2.25. The van der Waals surface area contributed by atoms with Crippen LogP contribution < -0.4 is 10.5 Å². The molecule has 0 amide bonds. The summed E-state index contributed by atoms with van der Waals surface area (Å²) in [4.78, 5) is 27.8. The molecular weight excluding hydrogens is 370 g/mol. The van der Waals surface area contributed by atoms with Crippen LogP contribution in [0.3, 0.4) is 0 Å². The van der Waals surface area contributed by atoms with E-state index in [-0.39, 0.29) is 5.56 Å². The monoisotopic (exact) mass is 401 g/mol. The first kappa shape index (κ1) is 18.6. The van der Waals surface area contributed by atoms with Crippen molar-refractivity contribution in [3.05, 3.63) is 20.8 Å². The van der Waals surface area contributed by atoms with Crippen molar-refractivity contribution in [1.29, 1.82) is 0 Å². The molecule has 0 saturated carbocycles. The molecule has 2 saturated heterocycles. The van der Waals surface area contributed by atoms with E-state index in [9.17, 15) is 4.79 Å². The molecule has 0 bridgehead atoms. The Kier molecular flexibility index (Phi) is 5.15. The summed E-state index contributed by atoms with van der Waals surface area (Å²) in [7, 11) is 1.89. The number of anilines is 1. The van der Waals surface area contributed by atoms with Gasteiger partial charge in [-0.15, -0.1) is 11.3 Å². The number of hydrogen-bond donors (Lipinski definition) is 0. The zero-order valence-electron chi connectivity index (χ0n) is 17.0. The van der Waals surface area contributed by atoms with E-state index in [0.717, 1.165) is 61.7 Å². The van der Waals surface area contributed by atoms with Crippen molar-refractivity contribution in [2.24, 2.45) is 7.05 Å². The van der Waals surface area contributed by atoms with Crippen molar-refractivity contribution < 1.29 is 0 Å². The van der Waals surface area contributed by atoms with E-state index in [1.807, 2.05) is 7.05 Å². The van der Waals surface area contributed by atoms with Crippen molar-refractivity contribution in [3.63, 3.8) is 0 Å². The third kappa shape index (κ3) is 3.37. The molecule has 0 aromatic carbocycles. The van der Waals surface area contributed by atoms with Gasteiger partial charge in [0.2, 0.25) is 5.95 Å². The molecule has 1 aliphatic carbocycles. The number of nitrogens with zero attached hydrogens (tertiary/aromatic N) is 5. The van der Waals surface area contributed by atoms with Gasteiger partial charge in [0.1, 0.15) is 4.83 Å². The number of fused-ring (bicyclic) bond motifs is 3. The molecule has 2 aliphatic heterocycles. The molecule has 2 fully saturated rings. The summed E-state index contributed by atoms with van der Waals surface area (Å²) in [6.07, 6.45) is 7.47. The summed E-state index contributed by atoms with van der Waals surface area (Å²) in [5, 5.41) is 0.893. The van der Waals surface area contributed by atoms with E-state index in [1.165, 1.54) is 55.8 Å². The molecule has 0 unspecified atom stereocenters. The van der Waals surface area contributed by atoms with E-state index in [2.05, 4.69) is 14.7 Å². The Balaban J connectivity index is 1.27. The number of piperidine rings is 1. The van der Waals surface area contributed by atoms with Crippen molar-refractivity contribution in [1.82, 2.24) is 19.4 Å². The van der Waals surface area contributed by atoms with Gasteiger partial charge in [-0.2, -0.15) is 0 Å². The predicted octanol–water partition coefficient (Wildman–Crippen LogP) is 2.09. The fraction of sp³-hybridized carbons (Fsp3) is 0.714. The highest BCUT2D eigenvalue weighted by Crippen LogP contribution is 2.35. The lowest BCUT2D eigenvalue weighted by Gasteiger charge is -2.37. The summed E-state index contributed by atoms with van der Waals surface area (Å²) in [5.41, 5.74) is 1.43. The number of thiophene rings is 1. The van der Waals surface area contributed by atoms with Gasteiger partial charge in [0.25, 0.3) is 5.56 Å². The molecule has 6 nitrogen and oxygen atoms in total. The number of piperazine rings is 1. The molecule has 0 radical (unpaired) electrons. The minimum absolute atomic E-state index is 0.145. The molecule has 2 aromatic rings. The summed E-state index contributed by atoms with van der Waals surface area (Å²) < 4.78 is 1.79. The zero-order chi connectivity index (χ0) is 19.1. The van der Waals surface area contributed by atoms with Gasteiger partial charge in [-0.25, -0.2) is 4.98 Å². The highest BCUT2D eigenvalue weighted by atomic mass is 32.1. The van der Waals surface area contributed by atoms with Gasteiger partial charge in [0.05, 0.1) is 5.39 Å². The van der Waals surface area contributed by atoms with Crippen LogP contribution in [0.5, 0.6) is 0 Å². The molecule has 0 spiro atoms. The second-order valence-corrected chi connectivity index (χ2v) is 9.63. The predicted molar refractivity (Wildman–Crippen MR) is 116 cm³/mol. The van der Waals surface area contributed by atoms with Gasteiger partial charge >= 0.3 is 0 Å². The summed E-state index contributed by atoms with van der Waals surface area (Å²) >= 11 is 1.74. The minimum Gasteiger partial charge on any atom is -0.340 e. The molecule has 28 heavy (non-hydrogen) atoms. The maximum atomic E-state index is 13.0. The fourth-order valence-electron chi connectivity index (χ4n) is 5.03. The van der Waals surface area contributed by atoms with Crippen LogP contribution >= 0.6 is 11.3 Å². The lowest BCUT2D eigenvalue weighted by molar-refractivity contribution is 0.176. The molecule has 152 valence electrons. The third-order valence-electron chi connectivity index (χ3n) is 6.76. The minimum atomic E-state index is 0.145. The van der Waals surface area contributed by atoms with E-state index in [1.54, 1.807) is 15.9 Å². The fourth-order valence-corrected chi connectivity index (χ4v) is 6.28. The SMILES string of the molecule is Cn1c(N2CCN(CCN3CCCCC3)CC2)nc2sc3c(c2c1=O)CCC3. The summed E-state index contributed by atoms with van der Waals surface area (Å²) in [6, 6.07) is 0. The second-order valence-electron chi connectivity index (χ2n) is 8.54. The molecule has 2 aromatic heterocycles. The van der Waals surface area contributed by atoms with Crippen LogP contribution in [0, 0.1) is 0 Å². The topological polar surface area (TPSA) is 44.6 Å². The molecule has 3 aliphatic rings. The number of aromatic nitrogens is 2. The molecule has 4 heterocycles. The Hall–Kier alpha value is -1.44. The Morgan fingerprint density at radius 3 is 2.36 bits per heavy atom. The lowest BCUT2D eigenvalue weighted by atomic mass is 10.1. The zero-order valence-corrected chi connectivity index (χ0v) is 17.8. The quantitative estimate of drug-likeness (QED) is 0.785. The normalized spacial score (nSPS) is 21.5. The Morgan fingerprint density at radius 1 is 0.893 bits per heavy atom. The third-order valence-corrected chi connectivity index (χ3v) is 7.94. The van der Waals surface area contributed by atoms with Crippen LogP contribution in [0.1, 0.15) is 36.1 Å². The standard InChI is InChI=1S/C21H31N5OS/c1-23-20(27)18-16-6-5-7-17(16)28-19(18)22-21(23)26-14-12-25(13-15-26)11-10-24-8-3-2-4-9-24/h2-15H2,1H3. The van der Waals surface area contributed by atoms with Gasteiger partial charge in [0, 0.05) is 51.2 Å². The van der Waals surface area contributed by atoms with Gasteiger partial charge < -0.3 is 9.80 Å². The van der Waals surface area contributed by atoms with E-state index in [4.69, 9.17) is 4.98 Å². The molecule has 7 heteroatoms. The first-order valence-electron chi connectivity index (χ1n) is 10.9. The Morgan fingerprint density at radius 2 is 1.61 bits per heavy atom. The molecule has 0 atom stereocenters. The largest absolute Gasteiger partial charge is 0.340 e. The van der Waals surface area contributed by atoms with Gasteiger partial charge in [-0.1, -0.05) is 6.42 Å². The van der Waals surface area contributed by atoms with Crippen LogP contribution in [-0.4, -0.2) is 71.7 Å². The number of aryl methyl sites for hydroxylation is 2. The average Bonchev–Trinajstić information content (AvgIpc) is 3.31. The maximum absolute atomic E-state index is 13.0. The maximum Gasteiger partial charge on any atom is 0.263 e. The second kappa shape index (κ2) is 7.76. The first-order chi connectivity index (χ1) is 13.7. The van der Waals surface area contributed by atoms with Crippen molar-refractivity contribution in [3.8, 4) is 0 Å². The van der Waals surface area contributed by atoms with Crippen LogP contribution in [0.4, 0.5) is 5.95 Å².